The van der Waals surface area contributed by atoms with Gasteiger partial charge in [0, 0.05) is 12.0 Å². The predicted octanol–water partition coefficient (Wildman–Crippen LogP) is 2.55. The molecule has 1 aliphatic heterocycles. The molecule has 0 radical (unpaired) electrons. The number of hydrogen-bond acceptors (Lipinski definition) is 3. The SMILES string of the molecule is O=C(C1CCNCC1)N(Cc1ccco1)C1CCCC1. The predicted molar refractivity (Wildman–Crippen MR) is 77.1 cm³/mol. The monoisotopic (exact) mass is 276 g/mol. The Labute approximate surface area is 120 Å². The minimum absolute atomic E-state index is 0.201. The summed E-state index contributed by atoms with van der Waals surface area (Å²) in [6.45, 7) is 2.58. The fraction of sp³-hybridized carbons (Fsp3) is 0.688. The number of piperidine rings is 1. The highest BCUT2D eigenvalue weighted by Crippen LogP contribution is 2.28. The molecule has 1 saturated heterocycles. The molecule has 0 bridgehead atoms. The summed E-state index contributed by atoms with van der Waals surface area (Å²) < 4.78 is 5.45. The lowest BCUT2D eigenvalue weighted by molar-refractivity contribution is -0.139. The first-order valence-corrected chi connectivity index (χ1v) is 7.88. The Hall–Kier alpha value is -1.29. The van der Waals surface area contributed by atoms with E-state index >= 15 is 0 Å². The van der Waals surface area contributed by atoms with E-state index in [1.807, 2.05) is 12.1 Å². The molecule has 3 rings (SSSR count). The molecule has 1 aromatic heterocycles. The Morgan fingerprint density at radius 1 is 1.25 bits per heavy atom. The maximum atomic E-state index is 12.9. The van der Waals surface area contributed by atoms with E-state index in [-0.39, 0.29) is 5.92 Å². The standard InChI is InChI=1S/C16H24N2O2/c19-16(13-7-9-17-10-8-13)18(14-4-1-2-5-14)12-15-6-3-11-20-15/h3,6,11,13-14,17H,1-2,4-5,7-10,12H2. The largest absolute Gasteiger partial charge is 0.467 e. The summed E-state index contributed by atoms with van der Waals surface area (Å²) >= 11 is 0. The van der Waals surface area contributed by atoms with Crippen LogP contribution in [0.25, 0.3) is 0 Å². The number of hydrogen-bond donors (Lipinski definition) is 1. The van der Waals surface area contributed by atoms with Crippen molar-refractivity contribution in [3.8, 4) is 0 Å². The van der Waals surface area contributed by atoms with E-state index in [1.165, 1.54) is 12.8 Å². The molecule has 4 nitrogen and oxygen atoms in total. The molecule has 1 aliphatic carbocycles. The zero-order chi connectivity index (χ0) is 13.8. The second-order valence-corrected chi connectivity index (χ2v) is 6.01. The Balaban J connectivity index is 1.71. The third-order valence-electron chi connectivity index (χ3n) is 4.64. The summed E-state index contributed by atoms with van der Waals surface area (Å²) in [6, 6.07) is 4.29. The molecule has 2 aliphatic rings. The van der Waals surface area contributed by atoms with Crippen LogP contribution in [0.3, 0.4) is 0 Å². The van der Waals surface area contributed by atoms with E-state index in [9.17, 15) is 4.79 Å². The van der Waals surface area contributed by atoms with Gasteiger partial charge in [0.15, 0.2) is 0 Å². The summed E-state index contributed by atoms with van der Waals surface area (Å²) in [7, 11) is 0. The Bertz CT molecular complexity index is 418. The number of nitrogens with zero attached hydrogens (tertiary/aromatic N) is 1. The van der Waals surface area contributed by atoms with Crippen molar-refractivity contribution in [1.82, 2.24) is 10.2 Å². The highest BCUT2D eigenvalue weighted by Gasteiger charge is 2.32. The van der Waals surface area contributed by atoms with Gasteiger partial charge in [-0.2, -0.15) is 0 Å². The summed E-state index contributed by atoms with van der Waals surface area (Å²) in [6.07, 6.45) is 8.43. The molecule has 0 atom stereocenters. The first kappa shape index (κ1) is 13.7. The van der Waals surface area contributed by atoms with Gasteiger partial charge in [-0.25, -0.2) is 0 Å². The van der Waals surface area contributed by atoms with Crippen LogP contribution >= 0.6 is 0 Å². The van der Waals surface area contributed by atoms with Crippen molar-refractivity contribution in [2.24, 2.45) is 5.92 Å². The number of nitrogens with one attached hydrogen (secondary N) is 1. The van der Waals surface area contributed by atoms with Crippen LogP contribution in [0.5, 0.6) is 0 Å². The molecule has 1 aromatic rings. The van der Waals surface area contributed by atoms with Crippen LogP contribution in [0.15, 0.2) is 22.8 Å². The molecule has 4 heteroatoms. The van der Waals surface area contributed by atoms with Crippen molar-refractivity contribution in [2.75, 3.05) is 13.1 Å². The molecule has 2 heterocycles. The Morgan fingerprint density at radius 2 is 2.00 bits per heavy atom. The molecule has 1 amide bonds. The number of carbonyl (C=O) groups excluding carboxylic acids is 1. The highest BCUT2D eigenvalue weighted by atomic mass is 16.3. The minimum atomic E-state index is 0.201. The van der Waals surface area contributed by atoms with Crippen LogP contribution in [0.1, 0.15) is 44.3 Å². The molecular formula is C16H24N2O2. The average molecular weight is 276 g/mol. The lowest BCUT2D eigenvalue weighted by Gasteiger charge is -2.33. The molecule has 0 unspecified atom stereocenters. The Kier molecular flexibility index (Phi) is 4.41. The fourth-order valence-electron chi connectivity index (χ4n) is 3.48. The quantitative estimate of drug-likeness (QED) is 0.919. The summed E-state index contributed by atoms with van der Waals surface area (Å²) in [5.41, 5.74) is 0. The van der Waals surface area contributed by atoms with Crippen molar-refractivity contribution in [3.05, 3.63) is 24.2 Å². The minimum Gasteiger partial charge on any atom is -0.467 e. The smallest absolute Gasteiger partial charge is 0.226 e. The van der Waals surface area contributed by atoms with Gasteiger partial charge < -0.3 is 14.6 Å². The van der Waals surface area contributed by atoms with Gasteiger partial charge in [-0.1, -0.05) is 12.8 Å². The van der Waals surface area contributed by atoms with Crippen LogP contribution in [-0.2, 0) is 11.3 Å². The van der Waals surface area contributed by atoms with Crippen LogP contribution in [0.4, 0.5) is 0 Å². The average Bonchev–Trinajstić information content (AvgIpc) is 3.18. The van der Waals surface area contributed by atoms with Gasteiger partial charge >= 0.3 is 0 Å². The van der Waals surface area contributed by atoms with E-state index < -0.39 is 0 Å². The van der Waals surface area contributed by atoms with Crippen molar-refractivity contribution >= 4 is 5.91 Å². The van der Waals surface area contributed by atoms with E-state index in [2.05, 4.69) is 10.2 Å². The Morgan fingerprint density at radius 3 is 2.65 bits per heavy atom. The van der Waals surface area contributed by atoms with E-state index in [0.717, 1.165) is 44.5 Å². The molecule has 0 aromatic carbocycles. The van der Waals surface area contributed by atoms with Gasteiger partial charge in [-0.3, -0.25) is 4.79 Å². The van der Waals surface area contributed by atoms with E-state index in [1.54, 1.807) is 6.26 Å². The molecular weight excluding hydrogens is 252 g/mol. The molecule has 1 saturated carbocycles. The van der Waals surface area contributed by atoms with Crippen molar-refractivity contribution < 1.29 is 9.21 Å². The zero-order valence-electron chi connectivity index (χ0n) is 12.0. The van der Waals surface area contributed by atoms with Gasteiger partial charge in [-0.15, -0.1) is 0 Å². The maximum Gasteiger partial charge on any atom is 0.226 e. The van der Waals surface area contributed by atoms with Crippen molar-refractivity contribution in [1.29, 1.82) is 0 Å². The number of furan rings is 1. The van der Waals surface area contributed by atoms with E-state index in [0.29, 0.717) is 18.5 Å². The second kappa shape index (κ2) is 6.44. The highest BCUT2D eigenvalue weighted by molar-refractivity contribution is 5.79. The lowest BCUT2D eigenvalue weighted by Crippen LogP contribution is -2.44. The molecule has 20 heavy (non-hydrogen) atoms. The normalized spacial score (nSPS) is 21.2. The van der Waals surface area contributed by atoms with E-state index in [4.69, 9.17) is 4.42 Å². The molecule has 2 fully saturated rings. The van der Waals surface area contributed by atoms with Crippen LogP contribution < -0.4 is 5.32 Å². The maximum absolute atomic E-state index is 12.9. The first-order chi connectivity index (χ1) is 9.84. The number of carbonyl (C=O) groups is 1. The number of amides is 1. The van der Waals surface area contributed by atoms with Gasteiger partial charge in [0.05, 0.1) is 12.8 Å². The van der Waals surface area contributed by atoms with Gasteiger partial charge in [-0.05, 0) is 50.9 Å². The van der Waals surface area contributed by atoms with Crippen LogP contribution in [0.2, 0.25) is 0 Å². The summed E-state index contributed by atoms with van der Waals surface area (Å²) in [5, 5.41) is 3.33. The topological polar surface area (TPSA) is 45.5 Å². The summed E-state index contributed by atoms with van der Waals surface area (Å²) in [4.78, 5) is 15.0. The van der Waals surface area contributed by atoms with Crippen LogP contribution in [-0.4, -0.2) is 29.9 Å². The third-order valence-corrected chi connectivity index (χ3v) is 4.64. The van der Waals surface area contributed by atoms with Gasteiger partial charge in [0.25, 0.3) is 0 Å². The second-order valence-electron chi connectivity index (χ2n) is 6.01. The number of rotatable bonds is 4. The van der Waals surface area contributed by atoms with Crippen molar-refractivity contribution in [2.45, 2.75) is 51.1 Å². The third kappa shape index (κ3) is 3.06. The molecule has 1 N–H and O–H groups in total. The molecule has 110 valence electrons. The lowest BCUT2D eigenvalue weighted by atomic mass is 9.95. The van der Waals surface area contributed by atoms with Gasteiger partial charge in [0.2, 0.25) is 5.91 Å². The first-order valence-electron chi connectivity index (χ1n) is 7.88. The summed E-state index contributed by atoms with van der Waals surface area (Å²) in [5.74, 6) is 1.45. The van der Waals surface area contributed by atoms with Gasteiger partial charge in [0.1, 0.15) is 5.76 Å². The fourth-order valence-corrected chi connectivity index (χ4v) is 3.48. The zero-order valence-corrected chi connectivity index (χ0v) is 12.0. The molecule has 0 spiro atoms. The van der Waals surface area contributed by atoms with Crippen molar-refractivity contribution in [3.63, 3.8) is 0 Å². The van der Waals surface area contributed by atoms with Crippen LogP contribution in [0, 0.1) is 5.92 Å².